The van der Waals surface area contributed by atoms with Crippen LogP contribution in [0.3, 0.4) is 0 Å². The predicted octanol–water partition coefficient (Wildman–Crippen LogP) is 9.50. The molecule has 0 amide bonds. The quantitative estimate of drug-likeness (QED) is 0.195. The van der Waals surface area contributed by atoms with Gasteiger partial charge in [0.1, 0.15) is 11.9 Å². The van der Waals surface area contributed by atoms with Crippen LogP contribution in [0.1, 0.15) is 29.2 Å². The van der Waals surface area contributed by atoms with Gasteiger partial charge in [0.2, 0.25) is 5.95 Å². The molecule has 3 aliphatic carbocycles. The summed E-state index contributed by atoms with van der Waals surface area (Å²) in [5.41, 5.74) is 11.9. The van der Waals surface area contributed by atoms with E-state index in [1.807, 2.05) is 0 Å². The molecule has 2 aliphatic heterocycles. The molecule has 5 nitrogen and oxygen atoms in total. The molecule has 4 unspecified atom stereocenters. The summed E-state index contributed by atoms with van der Waals surface area (Å²) >= 11 is 0. The SMILES string of the molecule is C1=Cc2c(c3ccccc3n2C2=CC3C4=C(C=CC5c6ccccc6OC45)N(c4nc(-c5ccccc5)c5ccccc5n4)C3C=C2)CC1. The molecule has 0 saturated heterocycles. The summed E-state index contributed by atoms with van der Waals surface area (Å²) in [5, 5.41) is 2.40. The molecule has 0 bridgehead atoms. The molecule has 11 rings (SSSR count). The number of rotatable bonds is 3. The van der Waals surface area contributed by atoms with Gasteiger partial charge < -0.3 is 14.2 Å². The Hall–Kier alpha value is -5.94. The number of aromatic nitrogens is 3. The standard InChI is InChI=1S/C44H32N4O/c1-2-12-27(13-3-1)42-33-17-4-8-18-35(33)45-44(46-42)48-38-24-22-28(47-36-19-9-5-14-29(36)30-15-6-10-20-37(30)47)26-34(38)41-39(48)25-23-32-31-16-7-11-21-40(31)49-43(32)41/h1-5,7-14,16-26,32,34,38,43H,6,15H2. The highest BCUT2D eigenvalue weighted by molar-refractivity contribution is 5.95. The Morgan fingerprint density at radius 2 is 1.53 bits per heavy atom. The Bertz CT molecular complexity index is 2520. The lowest BCUT2D eigenvalue weighted by Crippen LogP contribution is -2.35. The Balaban J connectivity index is 1.12. The maximum atomic E-state index is 6.86. The molecule has 2 aromatic heterocycles. The number of allylic oxidation sites excluding steroid dienone is 4. The predicted molar refractivity (Wildman–Crippen MR) is 197 cm³/mol. The fourth-order valence-electron chi connectivity index (χ4n) is 8.89. The third kappa shape index (κ3) is 3.87. The molecule has 49 heavy (non-hydrogen) atoms. The number of anilines is 1. The zero-order chi connectivity index (χ0) is 32.1. The third-order valence-electron chi connectivity index (χ3n) is 11.0. The van der Waals surface area contributed by atoms with Crippen molar-refractivity contribution in [1.29, 1.82) is 0 Å². The van der Waals surface area contributed by atoms with Crippen LogP contribution in [-0.2, 0) is 6.42 Å². The summed E-state index contributed by atoms with van der Waals surface area (Å²) in [6, 6.07) is 36.2. The molecule has 0 N–H and O–H groups in total. The van der Waals surface area contributed by atoms with Crippen LogP contribution in [0.2, 0.25) is 0 Å². The van der Waals surface area contributed by atoms with Gasteiger partial charge in [-0.25, -0.2) is 9.97 Å². The number of hydrogen-bond donors (Lipinski definition) is 0. The highest BCUT2D eigenvalue weighted by Gasteiger charge is 2.50. The van der Waals surface area contributed by atoms with E-state index in [0.717, 1.165) is 46.4 Å². The van der Waals surface area contributed by atoms with Gasteiger partial charge in [-0.2, -0.15) is 0 Å². The summed E-state index contributed by atoms with van der Waals surface area (Å²) in [6.45, 7) is 0. The van der Waals surface area contributed by atoms with Crippen LogP contribution in [0.15, 0.2) is 151 Å². The van der Waals surface area contributed by atoms with E-state index in [1.54, 1.807) is 0 Å². The largest absolute Gasteiger partial charge is 0.485 e. The summed E-state index contributed by atoms with van der Waals surface area (Å²) in [6.07, 6.45) is 18.5. The molecule has 4 atom stereocenters. The smallest absolute Gasteiger partial charge is 0.231 e. The summed E-state index contributed by atoms with van der Waals surface area (Å²) in [5.74, 6) is 1.93. The molecule has 5 heteroatoms. The fourth-order valence-corrected chi connectivity index (χ4v) is 8.89. The molecule has 0 saturated carbocycles. The van der Waals surface area contributed by atoms with Crippen molar-refractivity contribution in [1.82, 2.24) is 14.5 Å². The number of ether oxygens (including phenoxy) is 1. The number of benzene rings is 4. The van der Waals surface area contributed by atoms with Gasteiger partial charge in [0.05, 0.1) is 22.8 Å². The van der Waals surface area contributed by atoms with Gasteiger partial charge in [-0.15, -0.1) is 0 Å². The minimum Gasteiger partial charge on any atom is -0.485 e. The molecule has 4 heterocycles. The first-order valence-corrected chi connectivity index (χ1v) is 17.3. The van der Waals surface area contributed by atoms with Crippen molar-refractivity contribution in [3.63, 3.8) is 0 Å². The Labute approximate surface area is 284 Å². The maximum Gasteiger partial charge on any atom is 0.231 e. The number of hydrogen-bond acceptors (Lipinski definition) is 4. The van der Waals surface area contributed by atoms with E-state index in [2.05, 4.69) is 155 Å². The fraction of sp³-hybridized carbons (Fsp3) is 0.136. The van der Waals surface area contributed by atoms with Gasteiger partial charge in [-0.1, -0.05) is 109 Å². The van der Waals surface area contributed by atoms with Crippen LogP contribution < -0.4 is 9.64 Å². The second-order valence-corrected chi connectivity index (χ2v) is 13.6. The minimum atomic E-state index is -0.0943. The van der Waals surface area contributed by atoms with Crippen molar-refractivity contribution in [3.8, 4) is 17.0 Å². The van der Waals surface area contributed by atoms with Crippen LogP contribution >= 0.6 is 0 Å². The molecule has 4 aromatic carbocycles. The van der Waals surface area contributed by atoms with E-state index < -0.39 is 0 Å². The summed E-state index contributed by atoms with van der Waals surface area (Å²) < 4.78 is 9.33. The highest BCUT2D eigenvalue weighted by atomic mass is 16.5. The van der Waals surface area contributed by atoms with Crippen LogP contribution in [0, 0.1) is 5.92 Å². The number of nitrogens with zero attached hydrogens (tertiary/aromatic N) is 4. The second-order valence-electron chi connectivity index (χ2n) is 13.6. The van der Waals surface area contributed by atoms with Crippen molar-refractivity contribution in [2.24, 2.45) is 5.92 Å². The van der Waals surface area contributed by atoms with Crippen molar-refractivity contribution < 1.29 is 4.74 Å². The number of aryl methyl sites for hydroxylation is 1. The first-order valence-electron chi connectivity index (χ1n) is 17.3. The van der Waals surface area contributed by atoms with Crippen molar-refractivity contribution in [2.75, 3.05) is 4.90 Å². The zero-order valence-corrected chi connectivity index (χ0v) is 26.8. The Morgan fingerprint density at radius 1 is 0.714 bits per heavy atom. The van der Waals surface area contributed by atoms with Gasteiger partial charge in [0, 0.05) is 56.4 Å². The topological polar surface area (TPSA) is 43.2 Å². The Kier molecular flexibility index (Phi) is 5.68. The lowest BCUT2D eigenvalue weighted by atomic mass is 9.79. The van der Waals surface area contributed by atoms with Crippen LogP contribution in [0.25, 0.3) is 44.8 Å². The average Bonchev–Trinajstić information content (AvgIpc) is 3.82. The maximum absolute atomic E-state index is 6.86. The van der Waals surface area contributed by atoms with Crippen molar-refractivity contribution in [3.05, 3.63) is 168 Å². The monoisotopic (exact) mass is 632 g/mol. The Morgan fingerprint density at radius 3 is 2.47 bits per heavy atom. The van der Waals surface area contributed by atoms with Crippen molar-refractivity contribution in [2.45, 2.75) is 30.9 Å². The third-order valence-corrected chi connectivity index (χ3v) is 11.0. The normalized spacial score (nSPS) is 22.9. The van der Waals surface area contributed by atoms with Gasteiger partial charge in [0.15, 0.2) is 0 Å². The summed E-state index contributed by atoms with van der Waals surface area (Å²) in [4.78, 5) is 13.0. The van der Waals surface area contributed by atoms with Gasteiger partial charge >= 0.3 is 0 Å². The van der Waals surface area contributed by atoms with Crippen molar-refractivity contribution >= 4 is 39.5 Å². The van der Waals surface area contributed by atoms with Gasteiger partial charge in [-0.05, 0) is 54.8 Å². The van der Waals surface area contributed by atoms with E-state index in [0.29, 0.717) is 5.95 Å². The van der Waals surface area contributed by atoms with E-state index >= 15 is 0 Å². The minimum absolute atomic E-state index is 0.00226. The highest BCUT2D eigenvalue weighted by Crippen LogP contribution is 2.53. The van der Waals surface area contributed by atoms with Crippen LogP contribution in [-0.4, -0.2) is 26.7 Å². The average molecular weight is 633 g/mol. The first-order chi connectivity index (χ1) is 24.3. The lowest BCUT2D eigenvalue weighted by molar-refractivity contribution is 0.245. The first kappa shape index (κ1) is 27.1. The van der Waals surface area contributed by atoms with Gasteiger partial charge in [-0.3, -0.25) is 0 Å². The van der Waals surface area contributed by atoms with E-state index in [-0.39, 0.29) is 24.0 Å². The zero-order valence-electron chi connectivity index (χ0n) is 26.8. The van der Waals surface area contributed by atoms with E-state index in [4.69, 9.17) is 14.7 Å². The molecular weight excluding hydrogens is 601 g/mol. The second kappa shape index (κ2) is 10.3. The van der Waals surface area contributed by atoms with Crippen LogP contribution in [0.5, 0.6) is 5.75 Å². The van der Waals surface area contributed by atoms with E-state index in [9.17, 15) is 0 Å². The molecule has 0 fully saturated rings. The van der Waals surface area contributed by atoms with E-state index in [1.165, 1.54) is 39.0 Å². The molecule has 6 aromatic rings. The molecular formula is C44H32N4O. The number of fused-ring (bicyclic) bond motifs is 10. The molecule has 5 aliphatic rings. The lowest BCUT2D eigenvalue weighted by Gasteiger charge is -2.30. The number of para-hydroxylation sites is 3. The molecule has 0 spiro atoms. The molecule has 0 radical (unpaired) electrons. The van der Waals surface area contributed by atoms with Crippen LogP contribution in [0.4, 0.5) is 5.95 Å². The summed E-state index contributed by atoms with van der Waals surface area (Å²) in [7, 11) is 0. The molecule has 234 valence electrons. The van der Waals surface area contributed by atoms with Gasteiger partial charge in [0.25, 0.3) is 0 Å².